The van der Waals surface area contributed by atoms with Crippen LogP contribution in [0, 0.1) is 5.92 Å². The van der Waals surface area contributed by atoms with Gasteiger partial charge in [-0.2, -0.15) is 0 Å². The van der Waals surface area contributed by atoms with E-state index in [0.29, 0.717) is 12.5 Å². The lowest BCUT2D eigenvalue weighted by atomic mass is 9.88. The molecule has 2 nitrogen and oxygen atoms in total. The Morgan fingerprint density at radius 1 is 0.846 bits per heavy atom. The number of hydrogen-bond donors (Lipinski definition) is 1. The maximum Gasteiger partial charge on any atom is 0.261 e. The zero-order valence-electron chi connectivity index (χ0n) is 16.3. The smallest absolute Gasteiger partial charge is 0.261 e. The van der Waals surface area contributed by atoms with Gasteiger partial charge < -0.3 is 9.53 Å². The Balaban J connectivity index is 2.04. The molecule has 0 amide bonds. The zero-order chi connectivity index (χ0) is 18.6. The zero-order valence-corrected chi connectivity index (χ0v) is 17.3. The molecule has 1 aliphatic rings. The molecule has 1 fully saturated rings. The Labute approximate surface area is 159 Å². The van der Waals surface area contributed by atoms with Gasteiger partial charge in [-0.05, 0) is 47.0 Å². The van der Waals surface area contributed by atoms with Crippen LogP contribution in [0.3, 0.4) is 0 Å². The van der Waals surface area contributed by atoms with Gasteiger partial charge in [-0.3, -0.25) is 0 Å². The van der Waals surface area contributed by atoms with Gasteiger partial charge in [0.05, 0.1) is 0 Å². The van der Waals surface area contributed by atoms with Gasteiger partial charge in [0, 0.05) is 12.7 Å². The lowest BCUT2D eigenvalue weighted by Crippen LogP contribution is -2.67. The van der Waals surface area contributed by atoms with Crippen LogP contribution in [-0.4, -0.2) is 26.1 Å². The first-order valence-electron chi connectivity index (χ1n) is 9.87. The predicted molar refractivity (Wildman–Crippen MR) is 112 cm³/mol. The predicted octanol–water partition coefficient (Wildman–Crippen LogP) is 4.11. The summed E-state index contributed by atoms with van der Waals surface area (Å²) in [4.78, 5) is 0. The molecule has 2 aromatic rings. The van der Waals surface area contributed by atoms with E-state index in [4.69, 9.17) is 4.43 Å². The molecular weight excluding hydrogens is 336 g/mol. The van der Waals surface area contributed by atoms with E-state index in [1.807, 2.05) is 0 Å². The highest BCUT2D eigenvalue weighted by Gasteiger charge is 2.51. The monoisotopic (exact) mass is 368 g/mol. The average molecular weight is 369 g/mol. The fourth-order valence-electron chi connectivity index (χ4n) is 4.37. The average Bonchev–Trinajstić information content (AvgIpc) is 2.67. The molecule has 3 heteroatoms. The molecular formula is C23H32O2Si. The van der Waals surface area contributed by atoms with Crippen LogP contribution in [0.4, 0.5) is 0 Å². The van der Waals surface area contributed by atoms with Crippen molar-refractivity contribution in [2.75, 3.05) is 6.61 Å². The standard InChI is InChI=1S/C23H32O2Si/c1-23(2,3)26(21-10-6-4-7-11-21,22-12-8-5-9-13-22)25-20-16-14-19(18-24)15-17-20/h4-13,19-20,24H,14-18H2,1-3H3/t19-,20+. The molecule has 0 radical (unpaired) electrons. The molecule has 140 valence electrons. The molecule has 0 saturated heterocycles. The molecule has 0 atom stereocenters. The normalized spacial score (nSPS) is 21.5. The Morgan fingerprint density at radius 2 is 1.31 bits per heavy atom. The van der Waals surface area contributed by atoms with E-state index in [2.05, 4.69) is 81.4 Å². The van der Waals surface area contributed by atoms with Crippen LogP contribution < -0.4 is 10.4 Å². The summed E-state index contributed by atoms with van der Waals surface area (Å²) in [5.41, 5.74) is 0. The SMILES string of the molecule is CC(C)(C)[Si](O[C@H]1CC[C@@H](CO)CC1)(c1ccccc1)c1ccccc1. The van der Waals surface area contributed by atoms with E-state index in [1.54, 1.807) is 0 Å². The first kappa shape index (κ1) is 19.3. The Hall–Kier alpha value is -1.42. The van der Waals surface area contributed by atoms with Crippen molar-refractivity contribution in [2.24, 2.45) is 5.92 Å². The highest BCUT2D eigenvalue weighted by Crippen LogP contribution is 2.39. The minimum Gasteiger partial charge on any atom is -0.404 e. The highest BCUT2D eigenvalue weighted by molar-refractivity contribution is 6.99. The number of rotatable bonds is 5. The second kappa shape index (κ2) is 8.08. The highest BCUT2D eigenvalue weighted by atomic mass is 28.4. The van der Waals surface area contributed by atoms with E-state index >= 15 is 0 Å². The summed E-state index contributed by atoms with van der Waals surface area (Å²) in [7, 11) is -2.43. The molecule has 26 heavy (non-hydrogen) atoms. The summed E-state index contributed by atoms with van der Waals surface area (Å²) >= 11 is 0. The van der Waals surface area contributed by atoms with Gasteiger partial charge in [-0.1, -0.05) is 81.4 Å². The minimum atomic E-state index is -2.43. The van der Waals surface area contributed by atoms with E-state index in [1.165, 1.54) is 10.4 Å². The number of hydrogen-bond acceptors (Lipinski definition) is 2. The summed E-state index contributed by atoms with van der Waals surface area (Å²) in [6.07, 6.45) is 4.52. The van der Waals surface area contributed by atoms with Gasteiger partial charge in [0.1, 0.15) is 0 Å². The van der Waals surface area contributed by atoms with Crippen LogP contribution in [0.25, 0.3) is 0 Å². The maximum atomic E-state index is 9.46. The fourth-order valence-corrected chi connectivity index (χ4v) is 9.12. The summed E-state index contributed by atoms with van der Waals surface area (Å²) in [6.45, 7) is 7.31. The van der Waals surface area contributed by atoms with Crippen molar-refractivity contribution in [3.05, 3.63) is 60.7 Å². The molecule has 1 N–H and O–H groups in total. The second-order valence-corrected chi connectivity index (χ2v) is 12.9. The summed E-state index contributed by atoms with van der Waals surface area (Å²) < 4.78 is 7.17. The van der Waals surface area contributed by atoms with Gasteiger partial charge in [-0.25, -0.2) is 0 Å². The molecule has 0 heterocycles. The Morgan fingerprint density at radius 3 is 1.69 bits per heavy atom. The van der Waals surface area contributed by atoms with E-state index in [9.17, 15) is 5.11 Å². The maximum absolute atomic E-state index is 9.46. The van der Waals surface area contributed by atoms with Crippen LogP contribution >= 0.6 is 0 Å². The van der Waals surface area contributed by atoms with Crippen molar-refractivity contribution in [2.45, 2.75) is 57.6 Å². The molecule has 2 aromatic carbocycles. The van der Waals surface area contributed by atoms with E-state index < -0.39 is 8.32 Å². The molecule has 3 rings (SSSR count). The minimum absolute atomic E-state index is 0.0313. The van der Waals surface area contributed by atoms with Crippen molar-refractivity contribution >= 4 is 18.7 Å². The number of aliphatic hydroxyl groups excluding tert-OH is 1. The van der Waals surface area contributed by atoms with Crippen LogP contribution in [0.15, 0.2) is 60.7 Å². The Bertz CT molecular complexity index is 631. The third-order valence-corrected chi connectivity index (χ3v) is 10.9. The molecule has 0 bridgehead atoms. The summed E-state index contributed by atoms with van der Waals surface area (Å²) in [5, 5.41) is 12.2. The molecule has 1 aliphatic carbocycles. The summed E-state index contributed by atoms with van der Waals surface area (Å²) in [6, 6.07) is 21.7. The topological polar surface area (TPSA) is 29.5 Å². The van der Waals surface area contributed by atoms with Crippen molar-refractivity contribution in [1.29, 1.82) is 0 Å². The summed E-state index contributed by atoms with van der Waals surface area (Å²) in [5.74, 6) is 0.453. The third-order valence-electron chi connectivity index (χ3n) is 5.81. The van der Waals surface area contributed by atoms with Gasteiger partial charge in [0.15, 0.2) is 0 Å². The second-order valence-electron chi connectivity index (χ2n) is 8.61. The van der Waals surface area contributed by atoms with Crippen LogP contribution in [-0.2, 0) is 4.43 Å². The van der Waals surface area contributed by atoms with Crippen molar-refractivity contribution in [1.82, 2.24) is 0 Å². The van der Waals surface area contributed by atoms with Gasteiger partial charge in [-0.15, -0.1) is 0 Å². The quantitative estimate of drug-likeness (QED) is 0.805. The van der Waals surface area contributed by atoms with Crippen LogP contribution in [0.2, 0.25) is 5.04 Å². The lowest BCUT2D eigenvalue weighted by molar-refractivity contribution is 0.0969. The molecule has 0 aliphatic heterocycles. The molecule has 0 aromatic heterocycles. The van der Waals surface area contributed by atoms with Crippen molar-refractivity contribution in [3.8, 4) is 0 Å². The van der Waals surface area contributed by atoms with E-state index in [0.717, 1.165) is 25.7 Å². The van der Waals surface area contributed by atoms with Gasteiger partial charge >= 0.3 is 0 Å². The number of benzene rings is 2. The lowest BCUT2D eigenvalue weighted by Gasteiger charge is -2.46. The molecule has 0 unspecified atom stereocenters. The first-order chi connectivity index (χ1) is 12.5. The van der Waals surface area contributed by atoms with Crippen LogP contribution in [0.5, 0.6) is 0 Å². The van der Waals surface area contributed by atoms with Crippen LogP contribution in [0.1, 0.15) is 46.5 Å². The fraction of sp³-hybridized carbons (Fsp3) is 0.478. The number of aliphatic hydroxyl groups is 1. The Kier molecular flexibility index (Phi) is 6.01. The third kappa shape index (κ3) is 3.80. The molecule has 0 spiro atoms. The van der Waals surface area contributed by atoms with Gasteiger partial charge in [0.25, 0.3) is 8.32 Å². The largest absolute Gasteiger partial charge is 0.404 e. The first-order valence-corrected chi connectivity index (χ1v) is 11.8. The van der Waals surface area contributed by atoms with Crippen molar-refractivity contribution in [3.63, 3.8) is 0 Å². The van der Waals surface area contributed by atoms with Gasteiger partial charge in [0.2, 0.25) is 0 Å². The molecule has 1 saturated carbocycles. The van der Waals surface area contributed by atoms with E-state index in [-0.39, 0.29) is 11.1 Å². The van der Waals surface area contributed by atoms with Crippen molar-refractivity contribution < 1.29 is 9.53 Å².